The number of aliphatic hydroxyl groups excluding tert-OH is 1. The number of nitrogens with zero attached hydrogens (tertiary/aromatic N) is 1. The minimum Gasteiger partial charge on any atom is -0.389 e. The Bertz CT molecular complexity index is 188. The fourth-order valence-electron chi connectivity index (χ4n) is 1.21. The molecule has 0 spiro atoms. The molecule has 2 unspecified atom stereocenters. The van der Waals surface area contributed by atoms with Crippen molar-refractivity contribution in [2.45, 2.75) is 18.1 Å². The molecule has 0 radical (unpaired) electrons. The first kappa shape index (κ1) is 10.1. The molecule has 0 aromatic heterocycles. The van der Waals surface area contributed by atoms with E-state index in [1.54, 1.807) is 0 Å². The van der Waals surface area contributed by atoms with Gasteiger partial charge in [-0.15, -0.1) is 0 Å². The molecule has 0 amide bonds. The van der Waals surface area contributed by atoms with Crippen LogP contribution in [0.3, 0.4) is 0 Å². The van der Waals surface area contributed by atoms with Crippen molar-refractivity contribution < 1.29 is 14.8 Å². The first-order chi connectivity index (χ1) is 5.64. The molecule has 0 aliphatic carbocycles. The molecule has 1 rings (SSSR count). The zero-order valence-corrected chi connectivity index (χ0v) is 8.56. The molecule has 1 fully saturated rings. The molecular weight excluding hydrogens is 277 g/mol. The number of aliphatic hydroxyl groups is 1. The molecule has 1 aliphatic rings. The minimum atomic E-state index is -1.24. The number of ether oxygens (including phenoxy) is 1. The Morgan fingerprint density at radius 1 is 1.83 bits per heavy atom. The van der Waals surface area contributed by atoms with Crippen LogP contribution in [0.5, 0.6) is 0 Å². The first-order valence-corrected chi connectivity index (χ1v) is 5.10. The van der Waals surface area contributed by atoms with Crippen molar-refractivity contribution in [2.75, 3.05) is 17.6 Å². The lowest BCUT2D eigenvalue weighted by atomic mass is 9.99. The minimum absolute atomic E-state index is 0.0319. The Labute approximate surface area is 83.4 Å². The van der Waals surface area contributed by atoms with Gasteiger partial charge in [-0.3, -0.25) is 10.1 Å². The van der Waals surface area contributed by atoms with E-state index in [0.717, 1.165) is 4.43 Å². The topological polar surface area (TPSA) is 72.6 Å². The molecule has 2 atom stereocenters. The number of alkyl halides is 1. The maximum Gasteiger partial charge on any atom is 0.270 e. The summed E-state index contributed by atoms with van der Waals surface area (Å²) in [5.74, 6) is 0. The second-order valence-corrected chi connectivity index (χ2v) is 3.81. The van der Waals surface area contributed by atoms with Gasteiger partial charge in [0.25, 0.3) is 5.54 Å². The Morgan fingerprint density at radius 3 is 2.75 bits per heavy atom. The summed E-state index contributed by atoms with van der Waals surface area (Å²) >= 11 is 2.12. The fraction of sp³-hybridized carbons (Fsp3) is 1.00. The number of hydrogen-bond acceptors (Lipinski definition) is 4. The molecule has 70 valence electrons. The predicted octanol–water partition coefficient (Wildman–Crippen LogP) is 0.218. The summed E-state index contributed by atoms with van der Waals surface area (Å²) in [6.45, 7) is -0.405. The summed E-state index contributed by atoms with van der Waals surface area (Å²) in [6.07, 6.45) is 0.238. The van der Waals surface area contributed by atoms with Gasteiger partial charge in [-0.05, 0) is 0 Å². The van der Waals surface area contributed by atoms with Crippen molar-refractivity contribution in [3.63, 3.8) is 0 Å². The summed E-state index contributed by atoms with van der Waals surface area (Å²) < 4.78 is 5.89. The van der Waals surface area contributed by atoms with Crippen molar-refractivity contribution in [2.24, 2.45) is 0 Å². The molecule has 0 saturated carbocycles. The monoisotopic (exact) mass is 287 g/mol. The molecule has 0 aromatic carbocycles. The van der Waals surface area contributed by atoms with Gasteiger partial charge < -0.3 is 9.84 Å². The Morgan fingerprint density at radius 2 is 2.50 bits per heavy atom. The van der Waals surface area contributed by atoms with Gasteiger partial charge in [-0.2, -0.15) is 0 Å². The summed E-state index contributed by atoms with van der Waals surface area (Å²) in [5.41, 5.74) is -1.24. The standard InChI is InChI=1S/C6H10INO4/c7-2-5-1-6(3-9,4-12-5)8(10)11/h5,9H,1-4H2. The van der Waals surface area contributed by atoms with E-state index in [9.17, 15) is 10.1 Å². The zero-order valence-electron chi connectivity index (χ0n) is 6.40. The third kappa shape index (κ3) is 1.69. The zero-order chi connectivity index (χ0) is 9.19. The van der Waals surface area contributed by atoms with Crippen molar-refractivity contribution >= 4 is 22.6 Å². The summed E-state index contributed by atoms with van der Waals surface area (Å²) in [4.78, 5) is 10.1. The van der Waals surface area contributed by atoms with Gasteiger partial charge in [-0.1, -0.05) is 22.6 Å². The van der Waals surface area contributed by atoms with E-state index in [2.05, 4.69) is 22.6 Å². The van der Waals surface area contributed by atoms with Crippen LogP contribution in [0.25, 0.3) is 0 Å². The van der Waals surface area contributed by atoms with Gasteiger partial charge in [0, 0.05) is 15.8 Å². The SMILES string of the molecule is O=[N+]([O-])C1(CO)COC(CI)C1. The lowest BCUT2D eigenvalue weighted by Crippen LogP contribution is -2.43. The molecule has 1 heterocycles. The highest BCUT2D eigenvalue weighted by Gasteiger charge is 2.50. The fourth-order valence-corrected chi connectivity index (χ4v) is 1.77. The van der Waals surface area contributed by atoms with Gasteiger partial charge in [0.05, 0.1) is 6.10 Å². The summed E-state index contributed by atoms with van der Waals surface area (Å²) in [6, 6.07) is 0. The van der Waals surface area contributed by atoms with Crippen LogP contribution in [-0.2, 0) is 4.74 Å². The molecule has 12 heavy (non-hydrogen) atoms. The lowest BCUT2D eigenvalue weighted by Gasteiger charge is -2.14. The van der Waals surface area contributed by atoms with Crippen LogP contribution in [0.4, 0.5) is 0 Å². The van der Waals surface area contributed by atoms with Gasteiger partial charge in [0.2, 0.25) is 0 Å². The lowest BCUT2D eigenvalue weighted by molar-refractivity contribution is -0.570. The van der Waals surface area contributed by atoms with Crippen molar-refractivity contribution in [3.05, 3.63) is 10.1 Å². The molecule has 0 aromatic rings. The average molecular weight is 287 g/mol. The van der Waals surface area contributed by atoms with Crippen LogP contribution in [0.2, 0.25) is 0 Å². The van der Waals surface area contributed by atoms with Crippen molar-refractivity contribution in [1.82, 2.24) is 0 Å². The van der Waals surface area contributed by atoms with Crippen LogP contribution in [0, 0.1) is 10.1 Å². The highest BCUT2D eigenvalue weighted by atomic mass is 127. The van der Waals surface area contributed by atoms with Crippen LogP contribution < -0.4 is 0 Å². The van der Waals surface area contributed by atoms with Crippen LogP contribution >= 0.6 is 22.6 Å². The van der Waals surface area contributed by atoms with Crippen LogP contribution in [0.15, 0.2) is 0 Å². The summed E-state index contributed by atoms with van der Waals surface area (Å²) in [7, 11) is 0. The third-order valence-corrected chi connectivity index (χ3v) is 3.03. The number of hydrogen-bond donors (Lipinski definition) is 1. The normalized spacial score (nSPS) is 35.3. The van der Waals surface area contributed by atoms with Crippen LogP contribution in [-0.4, -0.2) is 39.3 Å². The second-order valence-electron chi connectivity index (χ2n) is 2.93. The predicted molar refractivity (Wildman–Crippen MR) is 50.1 cm³/mol. The Hall–Kier alpha value is 0.0500. The Kier molecular flexibility index (Phi) is 3.24. The van der Waals surface area contributed by atoms with E-state index >= 15 is 0 Å². The number of halogens is 1. The van der Waals surface area contributed by atoms with E-state index in [0.29, 0.717) is 6.42 Å². The number of rotatable bonds is 3. The van der Waals surface area contributed by atoms with E-state index in [1.165, 1.54) is 0 Å². The summed E-state index contributed by atoms with van der Waals surface area (Å²) in [5, 5.41) is 19.5. The molecule has 5 nitrogen and oxygen atoms in total. The highest BCUT2D eigenvalue weighted by Crippen LogP contribution is 2.27. The van der Waals surface area contributed by atoms with Gasteiger partial charge >= 0.3 is 0 Å². The molecule has 6 heteroatoms. The van der Waals surface area contributed by atoms with Gasteiger partial charge in [0.15, 0.2) is 0 Å². The second kappa shape index (κ2) is 3.84. The van der Waals surface area contributed by atoms with Crippen molar-refractivity contribution in [1.29, 1.82) is 0 Å². The largest absolute Gasteiger partial charge is 0.389 e. The van der Waals surface area contributed by atoms with E-state index in [-0.39, 0.29) is 12.7 Å². The van der Waals surface area contributed by atoms with Crippen molar-refractivity contribution in [3.8, 4) is 0 Å². The molecule has 1 N–H and O–H groups in total. The Balaban J connectivity index is 2.66. The van der Waals surface area contributed by atoms with E-state index in [1.807, 2.05) is 0 Å². The first-order valence-electron chi connectivity index (χ1n) is 3.57. The molecule has 1 aliphatic heterocycles. The number of nitro groups is 1. The smallest absolute Gasteiger partial charge is 0.270 e. The third-order valence-electron chi connectivity index (χ3n) is 2.05. The van der Waals surface area contributed by atoms with E-state index < -0.39 is 17.1 Å². The average Bonchev–Trinajstić information content (AvgIpc) is 2.48. The highest BCUT2D eigenvalue weighted by molar-refractivity contribution is 14.1. The molecule has 1 saturated heterocycles. The maximum absolute atomic E-state index is 10.6. The molecule has 0 bridgehead atoms. The van der Waals surface area contributed by atoms with Gasteiger partial charge in [-0.25, -0.2) is 0 Å². The van der Waals surface area contributed by atoms with Gasteiger partial charge in [0.1, 0.15) is 13.2 Å². The maximum atomic E-state index is 10.6. The van der Waals surface area contributed by atoms with E-state index in [4.69, 9.17) is 9.84 Å². The van der Waals surface area contributed by atoms with Crippen LogP contribution in [0.1, 0.15) is 6.42 Å². The molecular formula is C6H10INO4. The quantitative estimate of drug-likeness (QED) is 0.349.